The fourth-order valence-corrected chi connectivity index (χ4v) is 2.41. The minimum absolute atomic E-state index is 0.0533. The molecule has 0 aliphatic carbocycles. The third-order valence-corrected chi connectivity index (χ3v) is 3.80. The highest BCUT2D eigenvalue weighted by atomic mass is 79.9. The van der Waals surface area contributed by atoms with Gasteiger partial charge >= 0.3 is 0 Å². The van der Waals surface area contributed by atoms with Gasteiger partial charge < -0.3 is 5.32 Å². The number of halogens is 4. The van der Waals surface area contributed by atoms with Gasteiger partial charge in [0.15, 0.2) is 0 Å². The van der Waals surface area contributed by atoms with Gasteiger partial charge in [0.05, 0.1) is 15.7 Å². The molecule has 0 amide bonds. The Balaban J connectivity index is 2.28. The summed E-state index contributed by atoms with van der Waals surface area (Å²) in [5.41, 5.74) is 0.841. The number of anilines is 1. The molecule has 0 aromatic heterocycles. The number of rotatable bonds is 3. The molecular weight excluding hydrogens is 394 g/mol. The third kappa shape index (κ3) is 3.17. The monoisotopic (exact) mass is 400 g/mol. The van der Waals surface area contributed by atoms with Crippen molar-refractivity contribution >= 4 is 37.5 Å². The zero-order chi connectivity index (χ0) is 14.7. The summed E-state index contributed by atoms with van der Waals surface area (Å²) in [7, 11) is 0. The summed E-state index contributed by atoms with van der Waals surface area (Å²) in [6.07, 6.45) is 0. The summed E-state index contributed by atoms with van der Waals surface area (Å²) in [4.78, 5) is 0. The lowest BCUT2D eigenvalue weighted by molar-refractivity contribution is 0.555. The topological polar surface area (TPSA) is 35.8 Å². The molecule has 0 aliphatic rings. The van der Waals surface area contributed by atoms with Gasteiger partial charge in [-0.15, -0.1) is 0 Å². The molecule has 102 valence electrons. The molecule has 0 unspecified atom stereocenters. The summed E-state index contributed by atoms with van der Waals surface area (Å²) in [5.74, 6) is -1.28. The van der Waals surface area contributed by atoms with E-state index in [1.165, 1.54) is 12.1 Å². The second kappa shape index (κ2) is 6.33. The quantitative estimate of drug-likeness (QED) is 0.736. The summed E-state index contributed by atoms with van der Waals surface area (Å²) in [6.45, 7) is -0.0533. The Morgan fingerprint density at radius 2 is 1.90 bits per heavy atom. The minimum Gasteiger partial charge on any atom is -0.380 e. The first-order valence-corrected chi connectivity index (χ1v) is 7.17. The van der Waals surface area contributed by atoms with Crippen molar-refractivity contribution in [1.29, 1.82) is 5.26 Å². The lowest BCUT2D eigenvalue weighted by Crippen LogP contribution is -2.06. The molecule has 0 saturated carbocycles. The Bertz CT molecular complexity index is 696. The van der Waals surface area contributed by atoms with Gasteiger partial charge in [0.1, 0.15) is 17.7 Å². The minimum atomic E-state index is -0.647. The van der Waals surface area contributed by atoms with Crippen LogP contribution in [-0.4, -0.2) is 0 Å². The molecule has 0 saturated heterocycles. The second-order valence-corrected chi connectivity index (χ2v) is 5.75. The Morgan fingerprint density at radius 1 is 1.15 bits per heavy atom. The van der Waals surface area contributed by atoms with Gasteiger partial charge in [-0.05, 0) is 46.3 Å². The lowest BCUT2D eigenvalue weighted by Gasteiger charge is -2.11. The smallest absolute Gasteiger partial charge is 0.145 e. The molecule has 0 spiro atoms. The molecule has 0 fully saturated rings. The molecule has 2 nitrogen and oxygen atoms in total. The van der Waals surface area contributed by atoms with Crippen LogP contribution >= 0.6 is 31.9 Å². The number of nitriles is 1. The van der Waals surface area contributed by atoms with Crippen LogP contribution in [0.15, 0.2) is 39.3 Å². The van der Waals surface area contributed by atoms with Crippen molar-refractivity contribution in [3.63, 3.8) is 0 Å². The maximum Gasteiger partial charge on any atom is 0.145 e. The van der Waals surface area contributed by atoms with Gasteiger partial charge in [0, 0.05) is 16.6 Å². The van der Waals surface area contributed by atoms with Crippen molar-refractivity contribution in [3.05, 3.63) is 62.0 Å². The zero-order valence-corrected chi connectivity index (χ0v) is 13.2. The van der Waals surface area contributed by atoms with Gasteiger partial charge in [-0.1, -0.05) is 15.9 Å². The van der Waals surface area contributed by atoms with E-state index in [2.05, 4.69) is 37.2 Å². The second-order valence-electron chi connectivity index (χ2n) is 3.98. The van der Waals surface area contributed by atoms with Gasteiger partial charge in [-0.2, -0.15) is 5.26 Å². The van der Waals surface area contributed by atoms with E-state index in [9.17, 15) is 8.78 Å². The first-order chi connectivity index (χ1) is 9.52. The van der Waals surface area contributed by atoms with Crippen LogP contribution in [0.4, 0.5) is 14.5 Å². The summed E-state index contributed by atoms with van der Waals surface area (Å²) < 4.78 is 28.4. The van der Waals surface area contributed by atoms with E-state index in [1.54, 1.807) is 18.2 Å². The molecule has 6 heteroatoms. The Kier molecular flexibility index (Phi) is 4.73. The van der Waals surface area contributed by atoms with Crippen LogP contribution < -0.4 is 5.32 Å². The number of nitrogens with one attached hydrogen (secondary N) is 1. The Hall–Kier alpha value is -1.45. The van der Waals surface area contributed by atoms with Crippen LogP contribution in [0.25, 0.3) is 0 Å². The van der Waals surface area contributed by atoms with Crippen molar-refractivity contribution in [2.75, 3.05) is 5.32 Å². The molecule has 0 aliphatic heterocycles. The average molecular weight is 402 g/mol. The van der Waals surface area contributed by atoms with E-state index in [4.69, 9.17) is 5.26 Å². The van der Waals surface area contributed by atoms with E-state index in [1.807, 2.05) is 6.07 Å². The standard InChI is InChI=1S/C14H8Br2F2N2/c15-9-2-1-8(6-19)13(5-9)20-7-10-12(17)4-3-11(16)14(10)18/h1-5,20H,7H2. The van der Waals surface area contributed by atoms with E-state index < -0.39 is 11.6 Å². The van der Waals surface area contributed by atoms with Crippen LogP contribution in [0.5, 0.6) is 0 Å². The average Bonchev–Trinajstić information content (AvgIpc) is 2.43. The number of benzene rings is 2. The maximum absolute atomic E-state index is 13.8. The largest absolute Gasteiger partial charge is 0.380 e. The molecular formula is C14H8Br2F2N2. The maximum atomic E-state index is 13.8. The van der Waals surface area contributed by atoms with Gasteiger partial charge in [0.25, 0.3) is 0 Å². The van der Waals surface area contributed by atoms with Gasteiger partial charge in [0.2, 0.25) is 0 Å². The SMILES string of the molecule is N#Cc1ccc(Br)cc1NCc1c(F)ccc(Br)c1F. The van der Waals surface area contributed by atoms with Crippen molar-refractivity contribution in [3.8, 4) is 6.07 Å². The van der Waals surface area contributed by atoms with Gasteiger partial charge in [-0.3, -0.25) is 0 Å². The van der Waals surface area contributed by atoms with E-state index in [0.29, 0.717) is 11.3 Å². The van der Waals surface area contributed by atoms with E-state index >= 15 is 0 Å². The zero-order valence-electron chi connectivity index (χ0n) is 10.1. The first-order valence-electron chi connectivity index (χ1n) is 5.59. The van der Waals surface area contributed by atoms with Crippen molar-refractivity contribution in [2.45, 2.75) is 6.54 Å². The number of hydrogen-bond acceptors (Lipinski definition) is 2. The van der Waals surface area contributed by atoms with E-state index in [0.717, 1.165) is 4.47 Å². The molecule has 2 rings (SSSR count). The van der Waals surface area contributed by atoms with Crippen LogP contribution in [0, 0.1) is 23.0 Å². The van der Waals surface area contributed by atoms with Crippen LogP contribution in [0.1, 0.15) is 11.1 Å². The van der Waals surface area contributed by atoms with Crippen molar-refractivity contribution < 1.29 is 8.78 Å². The lowest BCUT2D eigenvalue weighted by atomic mass is 10.1. The summed E-state index contributed by atoms with van der Waals surface area (Å²) >= 11 is 6.30. The first kappa shape index (κ1) is 14.9. The molecule has 0 heterocycles. The Labute approximate surface area is 131 Å². The molecule has 2 aromatic carbocycles. The highest BCUT2D eigenvalue weighted by Gasteiger charge is 2.12. The molecule has 20 heavy (non-hydrogen) atoms. The normalized spacial score (nSPS) is 10.2. The van der Waals surface area contributed by atoms with Crippen molar-refractivity contribution in [2.24, 2.45) is 0 Å². The molecule has 1 N–H and O–H groups in total. The molecule has 0 bridgehead atoms. The summed E-state index contributed by atoms with van der Waals surface area (Å²) in [6, 6.07) is 9.56. The molecule has 0 atom stereocenters. The molecule has 2 aromatic rings. The molecule has 0 radical (unpaired) electrons. The summed E-state index contributed by atoms with van der Waals surface area (Å²) in [5, 5.41) is 11.9. The highest BCUT2D eigenvalue weighted by Crippen LogP contribution is 2.25. The number of hydrogen-bond donors (Lipinski definition) is 1. The highest BCUT2D eigenvalue weighted by molar-refractivity contribution is 9.10. The van der Waals surface area contributed by atoms with E-state index in [-0.39, 0.29) is 16.6 Å². The van der Waals surface area contributed by atoms with Crippen LogP contribution in [-0.2, 0) is 6.54 Å². The van der Waals surface area contributed by atoms with Crippen molar-refractivity contribution in [1.82, 2.24) is 0 Å². The predicted octanol–water partition coefficient (Wildman–Crippen LogP) is 4.97. The van der Waals surface area contributed by atoms with Crippen LogP contribution in [0.3, 0.4) is 0 Å². The number of nitrogens with zero attached hydrogens (tertiary/aromatic N) is 1. The third-order valence-electron chi connectivity index (χ3n) is 2.70. The van der Waals surface area contributed by atoms with Crippen LogP contribution in [0.2, 0.25) is 0 Å². The fourth-order valence-electron chi connectivity index (χ4n) is 1.67. The van der Waals surface area contributed by atoms with Gasteiger partial charge in [-0.25, -0.2) is 8.78 Å². The predicted molar refractivity (Wildman–Crippen MR) is 80.2 cm³/mol. The Morgan fingerprint density at radius 3 is 2.60 bits per heavy atom. The fraction of sp³-hybridized carbons (Fsp3) is 0.0714.